The number of anilines is 1. The highest BCUT2D eigenvalue weighted by atomic mass is 16.4. The molecule has 0 radical (unpaired) electrons. The van der Waals surface area contributed by atoms with Crippen molar-refractivity contribution in [2.45, 2.75) is 19.4 Å². The molecule has 1 atom stereocenters. The van der Waals surface area contributed by atoms with Crippen LogP contribution in [-0.4, -0.2) is 27.3 Å². The monoisotopic (exact) mass is 262 g/mol. The van der Waals surface area contributed by atoms with Gasteiger partial charge in [-0.05, 0) is 24.1 Å². The van der Waals surface area contributed by atoms with Crippen LogP contribution in [0.25, 0.3) is 0 Å². The van der Waals surface area contributed by atoms with Crippen LogP contribution in [0.1, 0.15) is 11.5 Å². The van der Waals surface area contributed by atoms with Gasteiger partial charge < -0.3 is 15.3 Å². The third-order valence-corrected chi connectivity index (χ3v) is 2.48. The van der Waals surface area contributed by atoms with Crippen molar-refractivity contribution in [3.05, 3.63) is 35.7 Å². The predicted molar refractivity (Wildman–Crippen MR) is 67.5 cm³/mol. The van der Waals surface area contributed by atoms with Gasteiger partial charge in [0.1, 0.15) is 5.75 Å². The molecule has 1 heterocycles. The van der Waals surface area contributed by atoms with Crippen LogP contribution < -0.4 is 11.1 Å². The first-order chi connectivity index (χ1) is 9.04. The van der Waals surface area contributed by atoms with E-state index in [1.807, 2.05) is 0 Å². The minimum absolute atomic E-state index is 0.0312. The number of nitrogens with two attached hydrogens (primary N) is 1. The molecule has 1 aromatic heterocycles. The first kappa shape index (κ1) is 13.0. The van der Waals surface area contributed by atoms with Crippen LogP contribution in [0.4, 0.5) is 6.01 Å². The fraction of sp³-hybridized carbons (Fsp3) is 0.250. The van der Waals surface area contributed by atoms with Gasteiger partial charge in [-0.15, -0.1) is 5.10 Å². The second kappa shape index (κ2) is 5.49. The summed E-state index contributed by atoms with van der Waals surface area (Å²) in [6.07, 6.45) is 0.346. The third-order valence-electron chi connectivity index (χ3n) is 2.48. The Morgan fingerprint density at radius 2 is 2.11 bits per heavy atom. The van der Waals surface area contributed by atoms with Gasteiger partial charge in [-0.3, -0.25) is 10.1 Å². The maximum absolute atomic E-state index is 11.8. The molecule has 0 saturated heterocycles. The number of aromatic nitrogens is 2. The van der Waals surface area contributed by atoms with Gasteiger partial charge in [-0.25, -0.2) is 0 Å². The quantitative estimate of drug-likeness (QED) is 0.743. The molecule has 7 nitrogen and oxygen atoms in total. The summed E-state index contributed by atoms with van der Waals surface area (Å²) in [6.45, 7) is 1.62. The number of aromatic hydroxyl groups is 1. The standard InChI is InChI=1S/C12H14N4O3/c1-7-15-16-12(19-7)14-11(18)10(13)6-8-2-4-9(17)5-3-8/h2-5,10,17H,6,13H2,1H3,(H,14,16,18). The smallest absolute Gasteiger partial charge is 0.322 e. The molecule has 2 aromatic rings. The number of hydrogen-bond donors (Lipinski definition) is 3. The zero-order chi connectivity index (χ0) is 13.8. The van der Waals surface area contributed by atoms with E-state index in [2.05, 4.69) is 15.5 Å². The number of hydrogen-bond acceptors (Lipinski definition) is 6. The van der Waals surface area contributed by atoms with Gasteiger partial charge in [0.15, 0.2) is 0 Å². The Kier molecular flexibility index (Phi) is 3.76. The second-order valence-electron chi connectivity index (χ2n) is 4.09. The normalized spacial score (nSPS) is 12.1. The fourth-order valence-corrected chi connectivity index (χ4v) is 1.52. The van der Waals surface area contributed by atoms with E-state index in [4.69, 9.17) is 15.3 Å². The molecule has 0 bridgehead atoms. The van der Waals surface area contributed by atoms with E-state index in [9.17, 15) is 4.79 Å². The second-order valence-corrected chi connectivity index (χ2v) is 4.09. The van der Waals surface area contributed by atoms with Gasteiger partial charge in [-0.1, -0.05) is 17.2 Å². The average Bonchev–Trinajstić information content (AvgIpc) is 2.77. The van der Waals surface area contributed by atoms with Crippen LogP contribution in [-0.2, 0) is 11.2 Å². The molecule has 0 fully saturated rings. The summed E-state index contributed by atoms with van der Waals surface area (Å²) in [5, 5.41) is 18.8. The molecule has 7 heteroatoms. The van der Waals surface area contributed by atoms with E-state index in [0.717, 1.165) is 5.56 Å². The zero-order valence-electron chi connectivity index (χ0n) is 10.3. The van der Waals surface area contributed by atoms with Crippen molar-refractivity contribution in [3.63, 3.8) is 0 Å². The lowest BCUT2D eigenvalue weighted by Gasteiger charge is -2.10. The minimum atomic E-state index is -0.739. The third kappa shape index (κ3) is 3.52. The van der Waals surface area contributed by atoms with Crippen molar-refractivity contribution in [1.82, 2.24) is 10.2 Å². The van der Waals surface area contributed by atoms with Crippen molar-refractivity contribution in [1.29, 1.82) is 0 Å². The Morgan fingerprint density at radius 1 is 1.42 bits per heavy atom. The number of benzene rings is 1. The maximum atomic E-state index is 11.8. The molecule has 19 heavy (non-hydrogen) atoms. The molecule has 0 aliphatic carbocycles. The summed E-state index contributed by atoms with van der Waals surface area (Å²) in [6, 6.07) is 5.79. The van der Waals surface area contributed by atoms with E-state index >= 15 is 0 Å². The summed E-state index contributed by atoms with van der Waals surface area (Å²) in [4.78, 5) is 11.8. The molecule has 0 aliphatic rings. The van der Waals surface area contributed by atoms with Crippen LogP contribution in [0.15, 0.2) is 28.7 Å². The number of nitrogens with one attached hydrogen (secondary N) is 1. The number of phenolic OH excluding ortho intramolecular Hbond substituents is 1. The van der Waals surface area contributed by atoms with E-state index in [1.165, 1.54) is 0 Å². The topological polar surface area (TPSA) is 114 Å². The Bertz CT molecular complexity index is 565. The summed E-state index contributed by atoms with van der Waals surface area (Å²) in [7, 11) is 0. The van der Waals surface area contributed by atoms with Gasteiger partial charge in [-0.2, -0.15) is 0 Å². The van der Waals surface area contributed by atoms with Crippen molar-refractivity contribution >= 4 is 11.9 Å². The Hall–Kier alpha value is -2.41. The lowest BCUT2D eigenvalue weighted by Crippen LogP contribution is -2.37. The SMILES string of the molecule is Cc1nnc(NC(=O)C(N)Cc2ccc(O)cc2)o1. The number of carbonyl (C=O) groups excluding carboxylic acids is 1. The number of phenols is 1. The number of aryl methyl sites for hydroxylation is 1. The molecule has 0 spiro atoms. The first-order valence-corrected chi connectivity index (χ1v) is 5.69. The lowest BCUT2D eigenvalue weighted by molar-refractivity contribution is -0.117. The number of carbonyl (C=O) groups is 1. The molecule has 0 saturated carbocycles. The van der Waals surface area contributed by atoms with Gasteiger partial charge in [0, 0.05) is 6.92 Å². The Balaban J connectivity index is 1.94. The molecule has 100 valence electrons. The van der Waals surface area contributed by atoms with Crippen molar-refractivity contribution in [2.24, 2.45) is 5.73 Å². The molecule has 1 aromatic carbocycles. The van der Waals surface area contributed by atoms with Crippen molar-refractivity contribution in [2.75, 3.05) is 5.32 Å². The molecule has 1 unspecified atom stereocenters. The molecular weight excluding hydrogens is 248 g/mol. The largest absolute Gasteiger partial charge is 0.508 e. The van der Waals surface area contributed by atoms with Gasteiger partial charge >= 0.3 is 6.01 Å². The lowest BCUT2D eigenvalue weighted by atomic mass is 10.1. The maximum Gasteiger partial charge on any atom is 0.322 e. The predicted octanol–water partition coefficient (Wildman–Crippen LogP) is 0.592. The fourth-order valence-electron chi connectivity index (χ4n) is 1.52. The summed E-state index contributed by atoms with van der Waals surface area (Å²) in [5.74, 6) is 0.127. The number of rotatable bonds is 4. The van der Waals surface area contributed by atoms with E-state index < -0.39 is 11.9 Å². The molecule has 0 aliphatic heterocycles. The Morgan fingerprint density at radius 3 is 2.68 bits per heavy atom. The summed E-state index contributed by atoms with van der Waals surface area (Å²) >= 11 is 0. The van der Waals surface area contributed by atoms with Crippen LogP contribution >= 0.6 is 0 Å². The highest BCUT2D eigenvalue weighted by Crippen LogP contribution is 2.11. The van der Waals surface area contributed by atoms with E-state index in [0.29, 0.717) is 12.3 Å². The zero-order valence-corrected chi connectivity index (χ0v) is 10.3. The van der Waals surface area contributed by atoms with Crippen molar-refractivity contribution < 1.29 is 14.3 Å². The molecule has 1 amide bonds. The van der Waals surface area contributed by atoms with Gasteiger partial charge in [0.05, 0.1) is 6.04 Å². The van der Waals surface area contributed by atoms with Crippen molar-refractivity contribution in [3.8, 4) is 5.75 Å². The van der Waals surface area contributed by atoms with E-state index in [-0.39, 0.29) is 11.8 Å². The van der Waals surface area contributed by atoms with Crippen LogP contribution in [0.3, 0.4) is 0 Å². The summed E-state index contributed by atoms with van der Waals surface area (Å²) < 4.78 is 5.03. The van der Waals surface area contributed by atoms with E-state index in [1.54, 1.807) is 31.2 Å². The summed E-state index contributed by atoms with van der Waals surface area (Å²) in [5.41, 5.74) is 6.63. The van der Waals surface area contributed by atoms with Gasteiger partial charge in [0.25, 0.3) is 0 Å². The first-order valence-electron chi connectivity index (χ1n) is 5.69. The molecular formula is C12H14N4O3. The molecule has 4 N–H and O–H groups in total. The van der Waals surface area contributed by atoms with Gasteiger partial charge in [0.2, 0.25) is 11.8 Å². The molecule has 2 rings (SSSR count). The Labute approximate surface area is 109 Å². The number of amides is 1. The highest BCUT2D eigenvalue weighted by molar-refractivity contribution is 5.93. The minimum Gasteiger partial charge on any atom is -0.508 e. The average molecular weight is 262 g/mol. The van der Waals surface area contributed by atoms with Crippen LogP contribution in [0, 0.1) is 6.92 Å². The van der Waals surface area contributed by atoms with Crippen LogP contribution in [0.2, 0.25) is 0 Å². The van der Waals surface area contributed by atoms with Crippen LogP contribution in [0.5, 0.6) is 5.75 Å². The highest BCUT2D eigenvalue weighted by Gasteiger charge is 2.16. The number of nitrogens with zero attached hydrogens (tertiary/aromatic N) is 2.